The first-order valence-corrected chi connectivity index (χ1v) is 9.29. The molecule has 0 radical (unpaired) electrons. The molecule has 2 aromatic rings. The third kappa shape index (κ3) is 3.91. The number of fused-ring (bicyclic) bond motifs is 2. The van der Waals surface area contributed by atoms with Crippen LogP contribution in [0.3, 0.4) is 0 Å². The van der Waals surface area contributed by atoms with Crippen molar-refractivity contribution in [2.45, 2.75) is 26.2 Å². The highest BCUT2D eigenvalue weighted by atomic mass is 35.5. The van der Waals surface area contributed by atoms with Crippen LogP contribution in [-0.2, 0) is 17.6 Å². The maximum Gasteiger partial charge on any atom is 0.185 e. The molecular formula is C19H20ClNOS. The molecule has 0 fully saturated rings. The Kier molecular flexibility index (Phi) is 5.29. The van der Waals surface area contributed by atoms with Crippen molar-refractivity contribution in [2.24, 2.45) is 0 Å². The molecule has 0 saturated carbocycles. The van der Waals surface area contributed by atoms with Gasteiger partial charge in [0.1, 0.15) is 0 Å². The summed E-state index contributed by atoms with van der Waals surface area (Å²) in [5, 5.41) is 0.955. The van der Waals surface area contributed by atoms with Gasteiger partial charge in [-0.1, -0.05) is 47.6 Å². The largest absolute Gasteiger partial charge is 0.341 e. The topological polar surface area (TPSA) is 20.3 Å². The molecule has 0 atom stereocenters. The molecule has 1 heterocycles. The molecule has 0 saturated heterocycles. The number of rotatable bonds is 4. The van der Waals surface area contributed by atoms with Crippen LogP contribution in [0.15, 0.2) is 42.5 Å². The third-order valence-corrected chi connectivity index (χ3v) is 5.25. The van der Waals surface area contributed by atoms with E-state index in [2.05, 4.69) is 41.3 Å². The van der Waals surface area contributed by atoms with E-state index in [1.165, 1.54) is 34.3 Å². The zero-order valence-electron chi connectivity index (χ0n) is 13.2. The summed E-state index contributed by atoms with van der Waals surface area (Å²) in [7, 11) is 0. The standard InChI is InChI=1S/C19H20ClNOS/c1-14(22)23-12-4-11-21-18-6-3-2-5-15(18)7-8-16-9-10-17(20)13-19(16)21/h2-3,5-6,9-10,13H,4,7-8,11-12H2,1H3. The second-order valence-corrected chi connectivity index (χ2v) is 7.46. The minimum absolute atomic E-state index is 0.185. The van der Waals surface area contributed by atoms with Gasteiger partial charge in [0, 0.05) is 35.6 Å². The quantitative estimate of drug-likeness (QED) is 0.706. The van der Waals surface area contributed by atoms with Crippen molar-refractivity contribution in [2.75, 3.05) is 17.2 Å². The monoisotopic (exact) mass is 345 g/mol. The van der Waals surface area contributed by atoms with Gasteiger partial charge < -0.3 is 4.90 Å². The Morgan fingerprint density at radius 3 is 2.65 bits per heavy atom. The third-order valence-electron chi connectivity index (χ3n) is 4.12. The number of carbonyl (C=O) groups excluding carboxylic acids is 1. The first-order chi connectivity index (χ1) is 11.1. The number of aryl methyl sites for hydroxylation is 2. The maximum absolute atomic E-state index is 11.1. The average Bonchev–Trinajstić information content (AvgIpc) is 2.68. The van der Waals surface area contributed by atoms with Crippen LogP contribution < -0.4 is 4.90 Å². The van der Waals surface area contributed by atoms with E-state index >= 15 is 0 Å². The number of carbonyl (C=O) groups is 1. The van der Waals surface area contributed by atoms with Crippen LogP contribution in [0.2, 0.25) is 5.02 Å². The van der Waals surface area contributed by atoms with E-state index in [-0.39, 0.29) is 5.12 Å². The molecule has 2 aromatic carbocycles. The van der Waals surface area contributed by atoms with E-state index in [1.54, 1.807) is 6.92 Å². The van der Waals surface area contributed by atoms with Crippen LogP contribution in [0.5, 0.6) is 0 Å². The van der Waals surface area contributed by atoms with E-state index in [9.17, 15) is 4.79 Å². The summed E-state index contributed by atoms with van der Waals surface area (Å²) in [5.74, 6) is 0.851. The van der Waals surface area contributed by atoms with Gasteiger partial charge in [-0.05, 0) is 48.6 Å². The number of hydrogen-bond donors (Lipinski definition) is 0. The summed E-state index contributed by atoms with van der Waals surface area (Å²) in [4.78, 5) is 13.5. The lowest BCUT2D eigenvalue weighted by Crippen LogP contribution is -2.20. The van der Waals surface area contributed by atoms with Crippen molar-refractivity contribution >= 4 is 39.9 Å². The molecule has 0 amide bonds. The lowest BCUT2D eigenvalue weighted by molar-refractivity contribution is -0.109. The molecule has 0 N–H and O–H groups in total. The van der Waals surface area contributed by atoms with Crippen LogP contribution in [0.4, 0.5) is 11.4 Å². The van der Waals surface area contributed by atoms with Gasteiger partial charge >= 0.3 is 0 Å². The zero-order valence-corrected chi connectivity index (χ0v) is 14.8. The number of anilines is 2. The summed E-state index contributed by atoms with van der Waals surface area (Å²) in [6, 6.07) is 14.8. The Balaban J connectivity index is 1.91. The van der Waals surface area contributed by atoms with Gasteiger partial charge in [0.25, 0.3) is 0 Å². The summed E-state index contributed by atoms with van der Waals surface area (Å²) in [6.45, 7) is 2.52. The summed E-state index contributed by atoms with van der Waals surface area (Å²) >= 11 is 7.65. The molecule has 0 aliphatic carbocycles. The van der Waals surface area contributed by atoms with Crippen LogP contribution >= 0.6 is 23.4 Å². The SMILES string of the molecule is CC(=O)SCCCN1c2ccccc2CCc2ccc(Cl)cc21. The predicted molar refractivity (Wildman–Crippen MR) is 100 cm³/mol. The molecule has 1 aliphatic heterocycles. The number of para-hydroxylation sites is 1. The molecule has 4 heteroatoms. The fraction of sp³-hybridized carbons (Fsp3) is 0.316. The van der Waals surface area contributed by atoms with E-state index in [0.29, 0.717) is 0 Å². The predicted octanol–water partition coefficient (Wildman–Crippen LogP) is 5.25. The van der Waals surface area contributed by atoms with Gasteiger partial charge in [0.15, 0.2) is 5.12 Å². The highest BCUT2D eigenvalue weighted by Gasteiger charge is 2.20. The van der Waals surface area contributed by atoms with Crippen LogP contribution in [0.1, 0.15) is 24.5 Å². The first-order valence-electron chi connectivity index (χ1n) is 7.92. The summed E-state index contributed by atoms with van der Waals surface area (Å²) in [5.41, 5.74) is 5.18. The van der Waals surface area contributed by atoms with Gasteiger partial charge in [-0.2, -0.15) is 0 Å². The average molecular weight is 346 g/mol. The van der Waals surface area contributed by atoms with Gasteiger partial charge in [0.05, 0.1) is 0 Å². The number of benzene rings is 2. The molecule has 1 aliphatic rings. The second-order valence-electron chi connectivity index (χ2n) is 5.75. The van der Waals surface area contributed by atoms with Crippen molar-refractivity contribution in [1.29, 1.82) is 0 Å². The van der Waals surface area contributed by atoms with Crippen LogP contribution in [-0.4, -0.2) is 17.4 Å². The molecule has 23 heavy (non-hydrogen) atoms. The molecule has 0 aromatic heterocycles. The van der Waals surface area contributed by atoms with E-state index in [4.69, 9.17) is 11.6 Å². The number of thioether (sulfide) groups is 1. The normalized spacial score (nSPS) is 13.2. The second kappa shape index (κ2) is 7.41. The number of nitrogens with zero attached hydrogens (tertiary/aromatic N) is 1. The number of hydrogen-bond acceptors (Lipinski definition) is 3. The Labute approximate surface area is 146 Å². The van der Waals surface area contributed by atoms with E-state index < -0.39 is 0 Å². The fourth-order valence-electron chi connectivity index (χ4n) is 3.06. The van der Waals surface area contributed by atoms with Crippen LogP contribution in [0.25, 0.3) is 0 Å². The lowest BCUT2D eigenvalue weighted by Gasteiger charge is -2.27. The first kappa shape index (κ1) is 16.4. The van der Waals surface area contributed by atoms with E-state index in [0.717, 1.165) is 36.6 Å². The van der Waals surface area contributed by atoms with Gasteiger partial charge in [-0.25, -0.2) is 0 Å². The molecule has 0 unspecified atom stereocenters. The van der Waals surface area contributed by atoms with Gasteiger partial charge in [0.2, 0.25) is 0 Å². The zero-order chi connectivity index (χ0) is 16.2. The highest BCUT2D eigenvalue weighted by molar-refractivity contribution is 8.13. The van der Waals surface area contributed by atoms with Crippen molar-refractivity contribution in [3.05, 3.63) is 58.6 Å². The Hall–Kier alpha value is -1.45. The fourth-order valence-corrected chi connectivity index (χ4v) is 3.79. The Bertz CT molecular complexity index is 716. The van der Waals surface area contributed by atoms with Crippen molar-refractivity contribution in [3.63, 3.8) is 0 Å². The van der Waals surface area contributed by atoms with Crippen molar-refractivity contribution in [3.8, 4) is 0 Å². The van der Waals surface area contributed by atoms with Gasteiger partial charge in [-0.3, -0.25) is 4.79 Å². The van der Waals surface area contributed by atoms with E-state index in [1.807, 2.05) is 6.07 Å². The molecule has 0 bridgehead atoms. The smallest absolute Gasteiger partial charge is 0.185 e. The Morgan fingerprint density at radius 2 is 1.87 bits per heavy atom. The Morgan fingerprint density at radius 1 is 1.13 bits per heavy atom. The molecule has 0 spiro atoms. The maximum atomic E-state index is 11.1. The van der Waals surface area contributed by atoms with Crippen LogP contribution in [0, 0.1) is 0 Å². The van der Waals surface area contributed by atoms with Gasteiger partial charge in [-0.15, -0.1) is 0 Å². The molecule has 120 valence electrons. The molecule has 3 rings (SSSR count). The minimum Gasteiger partial charge on any atom is -0.341 e. The molecule has 2 nitrogen and oxygen atoms in total. The van der Waals surface area contributed by atoms with Crippen molar-refractivity contribution in [1.82, 2.24) is 0 Å². The summed E-state index contributed by atoms with van der Waals surface area (Å²) < 4.78 is 0. The highest BCUT2D eigenvalue weighted by Crippen LogP contribution is 2.37. The minimum atomic E-state index is 0.185. The molecular weight excluding hydrogens is 326 g/mol. The summed E-state index contributed by atoms with van der Waals surface area (Å²) in [6.07, 6.45) is 3.04. The number of halogens is 1. The van der Waals surface area contributed by atoms with Crippen molar-refractivity contribution < 1.29 is 4.79 Å². The lowest BCUT2D eigenvalue weighted by atomic mass is 10.0.